The van der Waals surface area contributed by atoms with Crippen molar-refractivity contribution in [1.29, 1.82) is 0 Å². The summed E-state index contributed by atoms with van der Waals surface area (Å²) >= 11 is 5.86. The summed E-state index contributed by atoms with van der Waals surface area (Å²) in [5.41, 5.74) is 4.31. The fraction of sp³-hybridized carbons (Fsp3) is 0.167. The van der Waals surface area contributed by atoms with Gasteiger partial charge in [0.2, 0.25) is 11.8 Å². The quantitative estimate of drug-likeness (QED) is 0.546. The third kappa shape index (κ3) is 5.93. The maximum Gasteiger partial charge on any atom is 0.240 e. The predicted molar refractivity (Wildman–Crippen MR) is 97.9 cm³/mol. The number of hydrogen-bond donors (Lipinski definition) is 3. The number of phenolic OH excluding ortho intramolecular Hbond substituents is 1. The minimum Gasteiger partial charge on any atom is -0.507 e. The molecule has 2 aromatic rings. The number of anilines is 1. The zero-order valence-corrected chi connectivity index (χ0v) is 14.4. The van der Waals surface area contributed by atoms with Crippen LogP contribution in [0, 0.1) is 6.92 Å². The average molecular weight is 360 g/mol. The summed E-state index contributed by atoms with van der Waals surface area (Å²) < 4.78 is 0. The van der Waals surface area contributed by atoms with Gasteiger partial charge in [-0.3, -0.25) is 9.59 Å². The van der Waals surface area contributed by atoms with Crippen molar-refractivity contribution in [2.75, 3.05) is 5.32 Å². The van der Waals surface area contributed by atoms with Crippen molar-refractivity contribution in [3.63, 3.8) is 0 Å². The van der Waals surface area contributed by atoms with Gasteiger partial charge in [-0.05, 0) is 42.8 Å². The standard InChI is InChI=1S/C18H18ClN3O3/c1-12-10-14(19)6-7-15(12)21-17(24)8-9-18(25)22-20-11-13-4-2-3-5-16(13)23/h2-7,10-11,23H,8-9H2,1H3,(H,21,24)(H,22,25)/b20-11-. The Labute approximate surface area is 150 Å². The van der Waals surface area contributed by atoms with Crippen LogP contribution in [0.15, 0.2) is 47.6 Å². The number of aryl methyl sites for hydroxylation is 1. The van der Waals surface area contributed by atoms with Gasteiger partial charge in [0.05, 0.1) is 6.21 Å². The summed E-state index contributed by atoms with van der Waals surface area (Å²) in [6.07, 6.45) is 1.36. The third-order valence-electron chi connectivity index (χ3n) is 3.37. The molecule has 0 aromatic heterocycles. The summed E-state index contributed by atoms with van der Waals surface area (Å²) in [6.45, 7) is 1.84. The van der Waals surface area contributed by atoms with Crippen molar-refractivity contribution in [1.82, 2.24) is 5.43 Å². The first-order chi connectivity index (χ1) is 12.0. The molecule has 2 aromatic carbocycles. The van der Waals surface area contributed by atoms with Crippen LogP contribution in [-0.2, 0) is 9.59 Å². The number of hydrogen-bond acceptors (Lipinski definition) is 4. The Balaban J connectivity index is 1.77. The fourth-order valence-electron chi connectivity index (χ4n) is 2.03. The Morgan fingerprint density at radius 2 is 1.88 bits per heavy atom. The van der Waals surface area contributed by atoms with Crippen molar-refractivity contribution >= 4 is 35.3 Å². The Kier molecular flexibility index (Phi) is 6.54. The molecule has 25 heavy (non-hydrogen) atoms. The van der Waals surface area contributed by atoms with Gasteiger partial charge in [-0.2, -0.15) is 5.10 Å². The minimum absolute atomic E-state index is 0.00339. The lowest BCUT2D eigenvalue weighted by Crippen LogP contribution is -2.20. The Morgan fingerprint density at radius 1 is 1.16 bits per heavy atom. The monoisotopic (exact) mass is 359 g/mol. The highest BCUT2D eigenvalue weighted by Crippen LogP contribution is 2.19. The molecule has 0 saturated carbocycles. The minimum atomic E-state index is -0.394. The van der Waals surface area contributed by atoms with E-state index in [-0.39, 0.29) is 24.5 Å². The van der Waals surface area contributed by atoms with Crippen molar-refractivity contribution in [3.8, 4) is 5.75 Å². The van der Waals surface area contributed by atoms with Crippen LogP contribution >= 0.6 is 11.6 Å². The van der Waals surface area contributed by atoms with Gasteiger partial charge in [0.15, 0.2) is 0 Å². The van der Waals surface area contributed by atoms with Crippen molar-refractivity contribution in [3.05, 3.63) is 58.6 Å². The van der Waals surface area contributed by atoms with Crippen LogP contribution in [0.2, 0.25) is 5.02 Å². The van der Waals surface area contributed by atoms with E-state index in [2.05, 4.69) is 15.8 Å². The van der Waals surface area contributed by atoms with E-state index >= 15 is 0 Å². The molecular weight excluding hydrogens is 342 g/mol. The molecule has 6 nitrogen and oxygen atoms in total. The Bertz CT molecular complexity index is 806. The second-order valence-corrected chi connectivity index (χ2v) is 5.80. The van der Waals surface area contributed by atoms with E-state index in [1.165, 1.54) is 12.3 Å². The predicted octanol–water partition coefficient (Wildman–Crippen LogP) is 3.22. The van der Waals surface area contributed by atoms with Gasteiger partial charge >= 0.3 is 0 Å². The zero-order chi connectivity index (χ0) is 18.2. The largest absolute Gasteiger partial charge is 0.507 e. The van der Waals surface area contributed by atoms with E-state index in [9.17, 15) is 14.7 Å². The van der Waals surface area contributed by atoms with Gasteiger partial charge < -0.3 is 10.4 Å². The molecule has 0 aliphatic heterocycles. The molecule has 7 heteroatoms. The lowest BCUT2D eigenvalue weighted by molar-refractivity contribution is -0.124. The van der Waals surface area contributed by atoms with Gasteiger partial charge in [0, 0.05) is 29.1 Å². The van der Waals surface area contributed by atoms with E-state index in [0.29, 0.717) is 16.3 Å². The van der Waals surface area contributed by atoms with E-state index in [1.807, 2.05) is 6.92 Å². The van der Waals surface area contributed by atoms with Crippen LogP contribution in [0.3, 0.4) is 0 Å². The molecule has 3 N–H and O–H groups in total. The molecule has 0 unspecified atom stereocenters. The zero-order valence-electron chi connectivity index (χ0n) is 13.6. The smallest absolute Gasteiger partial charge is 0.240 e. The van der Waals surface area contributed by atoms with Gasteiger partial charge in [-0.1, -0.05) is 23.7 Å². The first-order valence-electron chi connectivity index (χ1n) is 7.61. The summed E-state index contributed by atoms with van der Waals surface area (Å²) in [4.78, 5) is 23.6. The maximum absolute atomic E-state index is 11.9. The highest BCUT2D eigenvalue weighted by Gasteiger charge is 2.08. The first kappa shape index (κ1) is 18.5. The Morgan fingerprint density at radius 3 is 2.60 bits per heavy atom. The molecule has 2 amide bonds. The topological polar surface area (TPSA) is 90.8 Å². The molecule has 2 rings (SSSR count). The fourth-order valence-corrected chi connectivity index (χ4v) is 2.26. The van der Waals surface area contributed by atoms with Crippen LogP contribution in [-0.4, -0.2) is 23.1 Å². The first-order valence-corrected chi connectivity index (χ1v) is 7.99. The number of benzene rings is 2. The van der Waals surface area contributed by atoms with Crippen LogP contribution in [0.25, 0.3) is 0 Å². The van der Waals surface area contributed by atoms with Crippen LogP contribution in [0.1, 0.15) is 24.0 Å². The summed E-state index contributed by atoms with van der Waals surface area (Å²) in [5, 5.41) is 16.7. The van der Waals surface area contributed by atoms with Gasteiger partial charge in [0.25, 0.3) is 0 Å². The van der Waals surface area contributed by atoms with Gasteiger partial charge in [0.1, 0.15) is 5.75 Å². The molecule has 0 heterocycles. The third-order valence-corrected chi connectivity index (χ3v) is 3.61. The number of amides is 2. The number of rotatable bonds is 6. The molecule has 130 valence electrons. The number of phenols is 1. The molecular formula is C18H18ClN3O3. The number of carbonyl (C=O) groups is 2. The normalized spacial score (nSPS) is 10.6. The lowest BCUT2D eigenvalue weighted by Gasteiger charge is -2.08. The van der Waals surface area contributed by atoms with E-state index < -0.39 is 5.91 Å². The summed E-state index contributed by atoms with van der Waals surface area (Å²) in [5.74, 6) is -0.599. The van der Waals surface area contributed by atoms with Crippen LogP contribution in [0.5, 0.6) is 5.75 Å². The molecule has 0 fully saturated rings. The SMILES string of the molecule is Cc1cc(Cl)ccc1NC(=O)CCC(=O)N/N=C\c1ccccc1O. The number of nitrogens with one attached hydrogen (secondary N) is 2. The molecule has 0 radical (unpaired) electrons. The van der Waals surface area contributed by atoms with E-state index in [4.69, 9.17) is 11.6 Å². The number of nitrogens with zero attached hydrogens (tertiary/aromatic N) is 1. The Hall–Kier alpha value is -2.86. The second kappa shape index (κ2) is 8.84. The maximum atomic E-state index is 11.9. The van der Waals surface area contributed by atoms with Gasteiger partial charge in [-0.15, -0.1) is 0 Å². The lowest BCUT2D eigenvalue weighted by atomic mass is 10.2. The number of hydrazone groups is 1. The second-order valence-electron chi connectivity index (χ2n) is 5.36. The molecule has 0 aliphatic carbocycles. The summed E-state index contributed by atoms with van der Waals surface area (Å²) in [7, 11) is 0. The van der Waals surface area contributed by atoms with Crippen LogP contribution < -0.4 is 10.7 Å². The molecule has 0 spiro atoms. The molecule has 0 bridgehead atoms. The van der Waals surface area contributed by atoms with E-state index in [0.717, 1.165) is 5.56 Å². The van der Waals surface area contributed by atoms with Crippen molar-refractivity contribution < 1.29 is 14.7 Å². The van der Waals surface area contributed by atoms with Crippen LogP contribution in [0.4, 0.5) is 5.69 Å². The highest BCUT2D eigenvalue weighted by atomic mass is 35.5. The van der Waals surface area contributed by atoms with Crippen molar-refractivity contribution in [2.45, 2.75) is 19.8 Å². The average Bonchev–Trinajstić information content (AvgIpc) is 2.57. The van der Waals surface area contributed by atoms with Gasteiger partial charge in [-0.25, -0.2) is 5.43 Å². The number of halogens is 1. The van der Waals surface area contributed by atoms with E-state index in [1.54, 1.807) is 36.4 Å². The molecule has 0 atom stereocenters. The number of para-hydroxylation sites is 1. The number of carbonyl (C=O) groups excluding carboxylic acids is 2. The molecule has 0 aliphatic rings. The highest BCUT2D eigenvalue weighted by molar-refractivity contribution is 6.30. The number of aromatic hydroxyl groups is 1. The summed E-state index contributed by atoms with van der Waals surface area (Å²) in [6, 6.07) is 11.8. The molecule has 0 saturated heterocycles. The van der Waals surface area contributed by atoms with Crippen molar-refractivity contribution in [2.24, 2.45) is 5.10 Å².